The Morgan fingerprint density at radius 2 is 2.09 bits per heavy atom. The summed E-state index contributed by atoms with van der Waals surface area (Å²) in [4.78, 5) is 60.4. The minimum atomic E-state index is -1.41. The van der Waals surface area contributed by atoms with Crippen molar-refractivity contribution < 1.29 is 43.9 Å². The predicted octanol–water partition coefficient (Wildman–Crippen LogP) is -0.165. The number of oxime groups is 1. The lowest BCUT2D eigenvalue weighted by Crippen LogP contribution is -2.71. The molecule has 2 aliphatic rings. The number of nitrogens with one attached hydrogen (secondary N) is 2. The number of thioether (sulfide) groups is 1. The molecule has 0 aromatic carbocycles. The van der Waals surface area contributed by atoms with Crippen molar-refractivity contribution in [3.05, 3.63) is 51.9 Å². The van der Waals surface area contributed by atoms with E-state index < -0.39 is 47.0 Å². The van der Waals surface area contributed by atoms with Crippen molar-refractivity contribution in [3.8, 4) is 0 Å². The number of hydrogen-bond acceptors (Lipinski definition) is 12. The number of carboxylic acids is 2. The van der Waals surface area contributed by atoms with E-state index in [1.165, 1.54) is 18.7 Å². The van der Waals surface area contributed by atoms with E-state index in [4.69, 9.17) is 32.4 Å². The first-order chi connectivity index (χ1) is 22.0. The number of aliphatic hydroxyl groups is 1. The minimum Gasteiger partial charge on any atom is -0.478 e. The maximum Gasteiger partial charge on any atom is 0.352 e. The monoisotopic (exact) mass is 693 g/mol. The summed E-state index contributed by atoms with van der Waals surface area (Å²) in [5.74, 6) is -3.92. The molecule has 0 spiro atoms. The second-order valence-corrected chi connectivity index (χ2v) is 12.9. The SMILES string of the molecule is C[C@H](O/N=C(\C(=O)N[C@@H]1C(=O)N2C(C(=O)O)=C(C[n+]3cccc4c3ccn4CCNCCO)CS[C@H]12)c1nc(N)sc1Cl)C(=O)O. The topological polar surface area (TPSA) is 226 Å². The van der Waals surface area contributed by atoms with E-state index in [0.717, 1.165) is 27.3 Å². The molecule has 46 heavy (non-hydrogen) atoms. The maximum atomic E-state index is 13.4. The standard InChI is InChI=1S/C27H29ClN8O8S2/c1-13(25(40)41)44-33-18(17-21(28)46-27(29)32-17)22(38)31-19-23(39)36-20(26(42)43)14(12-45-24(19)36)11-35-7-2-3-15-16(35)4-8-34(15)9-5-30-6-10-37/h2-4,7-8,13,19,24,30,37H,5-6,9-12H2,1H3,(H4-,29,31,32,38,40,41,42,43)/p+1/b33-18-/t13-,19+,24+/m0/s1. The number of anilines is 1. The molecule has 5 heterocycles. The van der Waals surface area contributed by atoms with Gasteiger partial charge >= 0.3 is 11.9 Å². The Morgan fingerprint density at radius 3 is 2.76 bits per heavy atom. The number of carboxylic acid groups (broad SMARTS) is 2. The molecule has 2 amide bonds. The van der Waals surface area contributed by atoms with Crippen LogP contribution in [0.5, 0.6) is 0 Å². The van der Waals surface area contributed by atoms with Gasteiger partial charge in [-0.15, -0.1) is 11.8 Å². The van der Waals surface area contributed by atoms with Gasteiger partial charge in [-0.1, -0.05) is 28.1 Å². The first kappa shape index (κ1) is 33.1. The van der Waals surface area contributed by atoms with Crippen LogP contribution >= 0.6 is 34.7 Å². The fourth-order valence-electron chi connectivity index (χ4n) is 5.00. The van der Waals surface area contributed by atoms with Gasteiger partial charge in [0.2, 0.25) is 11.6 Å². The normalized spacial score (nSPS) is 18.7. The number of hydrogen-bond donors (Lipinski definition) is 6. The smallest absolute Gasteiger partial charge is 0.352 e. The Balaban J connectivity index is 1.35. The van der Waals surface area contributed by atoms with Crippen LogP contribution in [0.4, 0.5) is 5.13 Å². The molecule has 5 rings (SSSR count). The third kappa shape index (κ3) is 6.66. The number of nitrogens with zero attached hydrogens (tertiary/aromatic N) is 5. The lowest BCUT2D eigenvalue weighted by Gasteiger charge is -2.49. The largest absolute Gasteiger partial charge is 0.478 e. The van der Waals surface area contributed by atoms with E-state index in [-0.39, 0.29) is 39.8 Å². The molecule has 0 unspecified atom stereocenters. The molecule has 3 aromatic heterocycles. The molecule has 0 aliphatic carbocycles. The lowest BCUT2D eigenvalue weighted by molar-refractivity contribution is -0.663. The van der Waals surface area contributed by atoms with Gasteiger partial charge in [0, 0.05) is 49.3 Å². The van der Waals surface area contributed by atoms with Gasteiger partial charge in [-0.3, -0.25) is 14.5 Å². The Hall–Kier alpha value is -4.23. The zero-order valence-corrected chi connectivity index (χ0v) is 26.6. The zero-order valence-electron chi connectivity index (χ0n) is 24.3. The second kappa shape index (κ2) is 14.0. The molecule has 0 bridgehead atoms. The van der Waals surface area contributed by atoms with Crippen LogP contribution in [-0.4, -0.2) is 102 Å². The van der Waals surface area contributed by atoms with Gasteiger partial charge in [0.05, 0.1) is 6.61 Å². The zero-order chi connectivity index (χ0) is 33.1. The summed E-state index contributed by atoms with van der Waals surface area (Å²) in [5, 5.41) is 36.9. The number of nitrogen functional groups attached to an aromatic ring is 1. The molecule has 3 atom stereocenters. The van der Waals surface area contributed by atoms with Crippen LogP contribution in [0.15, 0.2) is 47.0 Å². The third-order valence-corrected chi connectivity index (χ3v) is 9.64. The fraction of sp³-hybridized carbons (Fsp3) is 0.370. The average molecular weight is 694 g/mol. The third-order valence-electron chi connectivity index (χ3n) is 7.22. The van der Waals surface area contributed by atoms with E-state index in [1.807, 2.05) is 35.2 Å². The second-order valence-electron chi connectivity index (χ2n) is 10.2. The number of β-lactam (4-membered cyclic amide) rings is 1. The van der Waals surface area contributed by atoms with Gasteiger partial charge in [-0.05, 0) is 13.0 Å². The van der Waals surface area contributed by atoms with E-state index in [2.05, 4.69) is 25.3 Å². The molecular weight excluding hydrogens is 664 g/mol. The molecule has 0 saturated carbocycles. The van der Waals surface area contributed by atoms with Crippen molar-refractivity contribution in [2.24, 2.45) is 5.16 Å². The minimum absolute atomic E-state index is 0.00597. The molecule has 7 N–H and O–H groups in total. The number of amides is 2. The van der Waals surface area contributed by atoms with Gasteiger partial charge in [-0.2, -0.15) is 4.57 Å². The summed E-state index contributed by atoms with van der Waals surface area (Å²) in [7, 11) is 0. The van der Waals surface area contributed by atoms with E-state index in [9.17, 15) is 24.3 Å². The molecule has 1 fully saturated rings. The summed E-state index contributed by atoms with van der Waals surface area (Å²) >= 11 is 8.32. The van der Waals surface area contributed by atoms with Gasteiger partial charge in [0.15, 0.2) is 23.6 Å². The maximum absolute atomic E-state index is 13.4. The number of aliphatic hydroxyl groups excluding tert-OH is 1. The quantitative estimate of drug-likeness (QED) is 0.0426. The molecular formula is C27H30ClN8O8S2+. The summed E-state index contributed by atoms with van der Waals surface area (Å²) in [6.07, 6.45) is 2.36. The highest BCUT2D eigenvalue weighted by Crippen LogP contribution is 2.40. The van der Waals surface area contributed by atoms with E-state index in [1.54, 1.807) is 0 Å². The predicted molar refractivity (Wildman–Crippen MR) is 168 cm³/mol. The number of pyridine rings is 1. The molecule has 0 radical (unpaired) electrons. The van der Waals surface area contributed by atoms with Crippen molar-refractivity contribution in [2.75, 3.05) is 31.2 Å². The molecule has 19 heteroatoms. The lowest BCUT2D eigenvalue weighted by atomic mass is 10.0. The number of carbonyl (C=O) groups is 4. The van der Waals surface area contributed by atoms with Crippen molar-refractivity contribution in [1.29, 1.82) is 0 Å². The number of thiazole rings is 1. The number of fused-ring (bicyclic) bond motifs is 2. The highest BCUT2D eigenvalue weighted by Gasteiger charge is 2.55. The summed E-state index contributed by atoms with van der Waals surface area (Å²) in [6.45, 7) is 3.29. The number of rotatable bonds is 14. The molecule has 244 valence electrons. The molecule has 16 nitrogen and oxygen atoms in total. The van der Waals surface area contributed by atoms with E-state index >= 15 is 0 Å². The van der Waals surface area contributed by atoms with Crippen LogP contribution in [0.25, 0.3) is 11.0 Å². The average Bonchev–Trinajstić information content (AvgIpc) is 3.59. The van der Waals surface area contributed by atoms with Crippen LogP contribution in [0.3, 0.4) is 0 Å². The van der Waals surface area contributed by atoms with Crippen molar-refractivity contribution in [3.63, 3.8) is 0 Å². The summed E-state index contributed by atoms with van der Waals surface area (Å²) in [6, 6.07) is 4.64. The van der Waals surface area contributed by atoms with Crippen LogP contribution in [0.1, 0.15) is 12.6 Å². The van der Waals surface area contributed by atoms with Gasteiger partial charge in [-0.25, -0.2) is 14.6 Å². The van der Waals surface area contributed by atoms with Crippen molar-refractivity contribution in [2.45, 2.75) is 37.5 Å². The van der Waals surface area contributed by atoms with Crippen LogP contribution in [0, 0.1) is 0 Å². The number of halogens is 1. The fourth-order valence-corrected chi connectivity index (χ4v) is 7.27. The molecule has 3 aromatic rings. The van der Waals surface area contributed by atoms with Crippen molar-refractivity contribution in [1.82, 2.24) is 25.1 Å². The van der Waals surface area contributed by atoms with Crippen LogP contribution < -0.4 is 20.9 Å². The number of carbonyl (C=O) groups excluding carboxylic acids is 2. The first-order valence-corrected chi connectivity index (χ1v) is 16.1. The first-order valence-electron chi connectivity index (χ1n) is 13.9. The highest BCUT2D eigenvalue weighted by atomic mass is 35.5. The number of aliphatic carboxylic acids is 2. The van der Waals surface area contributed by atoms with Gasteiger partial charge in [0.25, 0.3) is 11.8 Å². The Bertz CT molecular complexity index is 1760. The van der Waals surface area contributed by atoms with Gasteiger partial charge < -0.3 is 41.1 Å². The number of nitrogens with two attached hydrogens (primary N) is 1. The van der Waals surface area contributed by atoms with Crippen molar-refractivity contribution >= 4 is 80.3 Å². The molecule has 2 aliphatic heterocycles. The highest BCUT2D eigenvalue weighted by molar-refractivity contribution is 8.00. The molecule has 1 saturated heterocycles. The van der Waals surface area contributed by atoms with Crippen LogP contribution in [0.2, 0.25) is 4.34 Å². The Labute approximate surface area is 274 Å². The van der Waals surface area contributed by atoms with Gasteiger partial charge in [0.1, 0.15) is 32.7 Å². The Kier molecular flexibility index (Phi) is 10.1. The summed E-state index contributed by atoms with van der Waals surface area (Å²) < 4.78 is 3.96. The summed E-state index contributed by atoms with van der Waals surface area (Å²) in [5.41, 5.74) is 7.24. The number of aromatic nitrogens is 3. The Morgan fingerprint density at radius 1 is 1.30 bits per heavy atom. The van der Waals surface area contributed by atoms with E-state index in [0.29, 0.717) is 25.2 Å². The van der Waals surface area contributed by atoms with Crippen LogP contribution in [-0.2, 0) is 37.1 Å².